The van der Waals surface area contributed by atoms with E-state index in [0.29, 0.717) is 0 Å². The average Bonchev–Trinajstić information content (AvgIpc) is 2.12. The fourth-order valence-electron chi connectivity index (χ4n) is 0.895. The molecular weight excluding hydrogens is 100 g/mol. The quantitative estimate of drug-likeness (QED) is 0.466. The minimum Gasteiger partial charge on any atom is -0.498 e. The van der Waals surface area contributed by atoms with Gasteiger partial charge in [0.05, 0.1) is 12.4 Å². The Labute approximate surface area is 50.3 Å². The van der Waals surface area contributed by atoms with Crippen LogP contribution in [0.3, 0.4) is 0 Å². The third kappa shape index (κ3) is 1.03. The minimum absolute atomic E-state index is 0.931. The zero-order chi connectivity index (χ0) is 5.98. The Balaban J connectivity index is 2.58. The van der Waals surface area contributed by atoms with Crippen LogP contribution in [0.5, 0.6) is 0 Å². The molecule has 1 rings (SSSR count). The number of hydrogen-bond acceptors (Lipinski definition) is 1. The van der Waals surface area contributed by atoms with Gasteiger partial charge in [-0.1, -0.05) is 0 Å². The lowest BCUT2D eigenvalue weighted by Gasteiger charge is -1.97. The van der Waals surface area contributed by atoms with Crippen LogP contribution in [0.15, 0.2) is 11.3 Å². The summed E-state index contributed by atoms with van der Waals surface area (Å²) in [6.07, 6.45) is 2.36. The third-order valence-electron chi connectivity index (χ3n) is 1.38. The van der Waals surface area contributed by atoms with Gasteiger partial charge in [-0.2, -0.15) is 0 Å². The molecule has 0 amide bonds. The lowest BCUT2D eigenvalue weighted by Crippen LogP contribution is -1.80. The van der Waals surface area contributed by atoms with Crippen LogP contribution in [0.2, 0.25) is 0 Å². The fraction of sp³-hybridized carbons (Fsp3) is 0.714. The van der Waals surface area contributed by atoms with Crippen molar-refractivity contribution in [2.24, 2.45) is 0 Å². The zero-order valence-corrected chi connectivity index (χ0v) is 5.53. The fourth-order valence-corrected chi connectivity index (χ4v) is 0.895. The number of ether oxygens (including phenoxy) is 1. The predicted octanol–water partition coefficient (Wildman–Crippen LogP) is 2.09. The van der Waals surface area contributed by atoms with E-state index < -0.39 is 0 Å². The van der Waals surface area contributed by atoms with E-state index in [1.807, 2.05) is 0 Å². The molecule has 8 heavy (non-hydrogen) atoms. The minimum atomic E-state index is 0.931. The van der Waals surface area contributed by atoms with Crippen LogP contribution in [0.25, 0.3) is 0 Å². The van der Waals surface area contributed by atoms with Gasteiger partial charge in [-0.25, -0.2) is 0 Å². The van der Waals surface area contributed by atoms with E-state index in [9.17, 15) is 0 Å². The van der Waals surface area contributed by atoms with Crippen molar-refractivity contribution >= 4 is 0 Å². The molecule has 0 radical (unpaired) electrons. The van der Waals surface area contributed by atoms with Crippen LogP contribution < -0.4 is 0 Å². The molecule has 1 aliphatic heterocycles. The summed E-state index contributed by atoms with van der Waals surface area (Å²) >= 11 is 0. The topological polar surface area (TPSA) is 9.23 Å². The molecule has 0 aromatic carbocycles. The van der Waals surface area contributed by atoms with Crippen LogP contribution in [-0.2, 0) is 4.74 Å². The summed E-state index contributed by atoms with van der Waals surface area (Å²) in [7, 11) is 0. The van der Waals surface area contributed by atoms with Crippen LogP contribution in [0.4, 0.5) is 0 Å². The molecule has 0 aromatic rings. The van der Waals surface area contributed by atoms with E-state index in [-0.39, 0.29) is 0 Å². The summed E-state index contributed by atoms with van der Waals surface area (Å²) in [5.74, 6) is 1.21. The van der Waals surface area contributed by atoms with Gasteiger partial charge in [0, 0.05) is 6.42 Å². The number of allylic oxidation sites excluding steroid dienone is 2. The lowest BCUT2D eigenvalue weighted by atomic mass is 10.2. The highest BCUT2D eigenvalue weighted by molar-refractivity contribution is 5.04. The maximum absolute atomic E-state index is 5.29. The smallest absolute Gasteiger partial charge is 0.0947 e. The molecule has 1 saturated heterocycles. The molecule has 0 spiro atoms. The highest BCUT2D eigenvalue weighted by atomic mass is 16.5. The summed E-state index contributed by atoms with van der Waals surface area (Å²) in [4.78, 5) is 0. The number of rotatable bonds is 0. The van der Waals surface area contributed by atoms with Crippen molar-refractivity contribution in [3.8, 4) is 0 Å². The highest BCUT2D eigenvalue weighted by Gasteiger charge is 2.07. The molecule has 1 heterocycles. The molecule has 1 nitrogen and oxygen atoms in total. The first kappa shape index (κ1) is 5.67. The molecule has 46 valence electrons. The Bertz CT molecular complexity index is 102. The second kappa shape index (κ2) is 2.21. The van der Waals surface area contributed by atoms with Crippen LogP contribution >= 0.6 is 0 Å². The Hall–Kier alpha value is -0.460. The molecule has 1 heteroatoms. The summed E-state index contributed by atoms with van der Waals surface area (Å²) in [6, 6.07) is 0. The van der Waals surface area contributed by atoms with Crippen LogP contribution in [-0.4, -0.2) is 6.61 Å². The van der Waals surface area contributed by atoms with E-state index >= 15 is 0 Å². The molecular formula is C7H12O. The standard InChI is InChI=1S/C7H12O/c1-6(2)7-4-3-5-8-7/h3-5H2,1-2H3. The average molecular weight is 112 g/mol. The predicted molar refractivity (Wildman–Crippen MR) is 33.6 cm³/mol. The largest absolute Gasteiger partial charge is 0.498 e. The molecule has 1 aliphatic rings. The van der Waals surface area contributed by atoms with Gasteiger partial charge in [0.2, 0.25) is 0 Å². The van der Waals surface area contributed by atoms with E-state index in [1.54, 1.807) is 0 Å². The first-order valence-corrected chi connectivity index (χ1v) is 3.10. The van der Waals surface area contributed by atoms with Gasteiger partial charge in [0.1, 0.15) is 0 Å². The molecule has 0 aliphatic carbocycles. The van der Waals surface area contributed by atoms with Gasteiger partial charge >= 0.3 is 0 Å². The highest BCUT2D eigenvalue weighted by Crippen LogP contribution is 2.18. The van der Waals surface area contributed by atoms with Crippen LogP contribution in [0.1, 0.15) is 26.7 Å². The molecule has 0 aromatic heterocycles. The third-order valence-corrected chi connectivity index (χ3v) is 1.38. The summed E-state index contributed by atoms with van der Waals surface area (Å²) in [5.41, 5.74) is 1.34. The van der Waals surface area contributed by atoms with Gasteiger partial charge in [-0.3, -0.25) is 0 Å². The molecule has 1 fully saturated rings. The Morgan fingerprint density at radius 2 is 2.25 bits per heavy atom. The van der Waals surface area contributed by atoms with E-state index in [1.165, 1.54) is 17.8 Å². The Kier molecular flexibility index (Phi) is 1.56. The van der Waals surface area contributed by atoms with Gasteiger partial charge in [-0.15, -0.1) is 0 Å². The zero-order valence-electron chi connectivity index (χ0n) is 5.53. The van der Waals surface area contributed by atoms with E-state index in [4.69, 9.17) is 4.74 Å². The first-order valence-electron chi connectivity index (χ1n) is 3.10. The molecule has 0 N–H and O–H groups in total. The maximum atomic E-state index is 5.29. The van der Waals surface area contributed by atoms with Crippen molar-refractivity contribution in [3.05, 3.63) is 11.3 Å². The second-order valence-electron chi connectivity index (χ2n) is 2.38. The molecule has 0 atom stereocenters. The SMILES string of the molecule is CC(C)=C1CCCO1. The van der Waals surface area contributed by atoms with Crippen molar-refractivity contribution in [1.29, 1.82) is 0 Å². The van der Waals surface area contributed by atoms with Gasteiger partial charge in [0.15, 0.2) is 0 Å². The van der Waals surface area contributed by atoms with Crippen molar-refractivity contribution in [2.75, 3.05) is 6.61 Å². The first-order chi connectivity index (χ1) is 3.80. The summed E-state index contributed by atoms with van der Waals surface area (Å²) in [5, 5.41) is 0. The van der Waals surface area contributed by atoms with Crippen LogP contribution in [0, 0.1) is 0 Å². The monoisotopic (exact) mass is 112 g/mol. The van der Waals surface area contributed by atoms with Crippen molar-refractivity contribution < 1.29 is 4.74 Å². The van der Waals surface area contributed by atoms with Gasteiger partial charge in [0.25, 0.3) is 0 Å². The van der Waals surface area contributed by atoms with Crippen molar-refractivity contribution in [1.82, 2.24) is 0 Å². The summed E-state index contributed by atoms with van der Waals surface area (Å²) < 4.78 is 5.29. The van der Waals surface area contributed by atoms with Gasteiger partial charge in [-0.05, 0) is 25.8 Å². The second-order valence-corrected chi connectivity index (χ2v) is 2.38. The Morgan fingerprint density at radius 3 is 2.50 bits per heavy atom. The molecule has 0 saturated carbocycles. The molecule has 0 bridgehead atoms. The number of hydrogen-bond donors (Lipinski definition) is 0. The van der Waals surface area contributed by atoms with Gasteiger partial charge < -0.3 is 4.74 Å². The summed E-state index contributed by atoms with van der Waals surface area (Å²) in [6.45, 7) is 5.13. The van der Waals surface area contributed by atoms with E-state index in [0.717, 1.165) is 13.0 Å². The Morgan fingerprint density at radius 1 is 1.50 bits per heavy atom. The molecule has 0 unspecified atom stereocenters. The normalized spacial score (nSPS) is 18.5. The van der Waals surface area contributed by atoms with Crippen molar-refractivity contribution in [2.45, 2.75) is 26.7 Å². The maximum Gasteiger partial charge on any atom is 0.0947 e. The lowest BCUT2D eigenvalue weighted by molar-refractivity contribution is 0.260. The van der Waals surface area contributed by atoms with E-state index in [2.05, 4.69) is 13.8 Å². The van der Waals surface area contributed by atoms with Crippen molar-refractivity contribution in [3.63, 3.8) is 0 Å².